The summed E-state index contributed by atoms with van der Waals surface area (Å²) in [6, 6.07) is 0. The largest absolute Gasteiger partial charge is 0.0760 e. The van der Waals surface area contributed by atoms with Gasteiger partial charge in [-0.25, -0.2) is 0 Å². The third-order valence-corrected chi connectivity index (χ3v) is 4.18. The van der Waals surface area contributed by atoms with Gasteiger partial charge >= 0.3 is 0 Å². The van der Waals surface area contributed by atoms with E-state index in [0.717, 1.165) is 11.8 Å². The Labute approximate surface area is 66.3 Å². The van der Waals surface area contributed by atoms with Crippen LogP contribution in [-0.2, 0) is 0 Å². The van der Waals surface area contributed by atoms with E-state index < -0.39 is 0 Å². The van der Waals surface area contributed by atoms with Crippen molar-refractivity contribution < 1.29 is 0 Å². The summed E-state index contributed by atoms with van der Waals surface area (Å²) < 4.78 is 0. The van der Waals surface area contributed by atoms with E-state index in [9.17, 15) is 0 Å². The fourth-order valence-electron chi connectivity index (χ4n) is 3.43. The maximum Gasteiger partial charge on any atom is 0.0237 e. The molecule has 0 spiro atoms. The molecule has 0 radical (unpaired) electrons. The van der Waals surface area contributed by atoms with Crippen LogP contribution in [0, 0.1) is 17.3 Å². The van der Waals surface area contributed by atoms with Gasteiger partial charge in [0.15, 0.2) is 0 Å². The Balaban J connectivity index is 2.20. The molecule has 6 bridgehead atoms. The Morgan fingerprint density at radius 1 is 1.45 bits per heavy atom. The maximum absolute atomic E-state index is 2.52. The van der Waals surface area contributed by atoms with Gasteiger partial charge in [-0.15, -0.1) is 0 Å². The highest BCUT2D eigenvalue weighted by Gasteiger charge is 2.59. The van der Waals surface area contributed by atoms with E-state index in [2.05, 4.69) is 25.2 Å². The predicted octanol–water partition coefficient (Wildman–Crippen LogP) is 2.45. The van der Waals surface area contributed by atoms with E-state index in [-0.39, 0.29) is 0 Å². The Kier molecular flexibility index (Phi) is 0.480. The molecule has 0 nitrogen and oxygen atoms in total. The molecule has 5 aliphatic rings. The zero-order valence-electron chi connectivity index (χ0n) is 6.59. The predicted molar refractivity (Wildman–Crippen MR) is 44.0 cm³/mol. The van der Waals surface area contributed by atoms with Gasteiger partial charge in [0, 0.05) is 11.3 Å². The van der Waals surface area contributed by atoms with Gasteiger partial charge in [0.05, 0.1) is 0 Å². The molecule has 0 amide bonds. The van der Waals surface area contributed by atoms with Crippen LogP contribution in [0.4, 0.5) is 0 Å². The third kappa shape index (κ3) is 0.283. The Hall–Kier alpha value is -0.780. The molecule has 54 valence electrons. The molecular formula is C11H10. The number of hydrogen-bond donors (Lipinski definition) is 0. The Bertz CT molecular complexity index is 367. The molecule has 0 heteroatoms. The first-order valence-corrected chi connectivity index (χ1v) is 4.47. The lowest BCUT2D eigenvalue weighted by molar-refractivity contribution is 0.276. The van der Waals surface area contributed by atoms with Gasteiger partial charge < -0.3 is 0 Å². The molecule has 0 aliphatic heterocycles. The molecule has 0 fully saturated rings. The monoisotopic (exact) mass is 142 g/mol. The second kappa shape index (κ2) is 1.06. The quantitative estimate of drug-likeness (QED) is 0.487. The van der Waals surface area contributed by atoms with E-state index >= 15 is 0 Å². The standard InChI is InChI=1S/C11H10/c1-11-7-2-6-3-8(11)5-10(11)9(6)4-7/h3-7H,2H2,1H3. The van der Waals surface area contributed by atoms with Crippen LogP contribution in [-0.4, -0.2) is 0 Å². The molecule has 11 heavy (non-hydrogen) atoms. The van der Waals surface area contributed by atoms with Gasteiger partial charge in [-0.1, -0.05) is 25.2 Å². The zero-order chi connectivity index (χ0) is 7.22. The second-order valence-electron chi connectivity index (χ2n) is 4.45. The number of rotatable bonds is 0. The molecule has 0 aromatic rings. The molecule has 0 heterocycles. The summed E-state index contributed by atoms with van der Waals surface area (Å²) in [5.74, 6) is 1.71. The maximum atomic E-state index is 2.52. The molecule has 0 aromatic carbocycles. The van der Waals surface area contributed by atoms with Crippen molar-refractivity contribution in [3.05, 3.63) is 34.9 Å². The van der Waals surface area contributed by atoms with Gasteiger partial charge in [-0.05, 0) is 29.1 Å². The van der Waals surface area contributed by atoms with Crippen molar-refractivity contribution in [2.45, 2.75) is 13.3 Å². The Morgan fingerprint density at radius 3 is 3.00 bits per heavy atom. The minimum Gasteiger partial charge on any atom is -0.0760 e. The average molecular weight is 142 g/mol. The first kappa shape index (κ1) is 4.97. The highest BCUT2D eigenvalue weighted by atomic mass is 14.6. The van der Waals surface area contributed by atoms with E-state index in [1.807, 2.05) is 0 Å². The molecule has 0 saturated heterocycles. The summed E-state index contributed by atoms with van der Waals surface area (Å²) in [4.78, 5) is 0. The van der Waals surface area contributed by atoms with Crippen LogP contribution in [0.1, 0.15) is 13.3 Å². The van der Waals surface area contributed by atoms with Gasteiger partial charge in [-0.2, -0.15) is 0 Å². The first-order chi connectivity index (χ1) is 5.30. The smallest absolute Gasteiger partial charge is 0.0237 e. The van der Waals surface area contributed by atoms with Crippen LogP contribution in [0.5, 0.6) is 0 Å². The molecule has 0 saturated carbocycles. The normalized spacial score (nSPS) is 53.7. The molecular weight excluding hydrogens is 132 g/mol. The van der Waals surface area contributed by atoms with Crippen LogP contribution in [0.3, 0.4) is 0 Å². The highest BCUT2D eigenvalue weighted by Crippen LogP contribution is 2.70. The van der Waals surface area contributed by atoms with E-state index in [1.165, 1.54) is 6.42 Å². The molecule has 0 N–H and O–H groups in total. The van der Waals surface area contributed by atoms with Crippen LogP contribution >= 0.6 is 0 Å². The van der Waals surface area contributed by atoms with Crippen LogP contribution in [0.25, 0.3) is 0 Å². The fourth-order valence-corrected chi connectivity index (χ4v) is 3.43. The summed E-state index contributed by atoms with van der Waals surface area (Å²) >= 11 is 0. The minimum absolute atomic E-state index is 0.504. The summed E-state index contributed by atoms with van der Waals surface area (Å²) in [5, 5.41) is 0. The lowest BCUT2D eigenvalue weighted by Gasteiger charge is -2.51. The summed E-state index contributed by atoms with van der Waals surface area (Å²) in [5.41, 5.74) is 5.49. The van der Waals surface area contributed by atoms with E-state index in [0.29, 0.717) is 5.41 Å². The van der Waals surface area contributed by atoms with Crippen molar-refractivity contribution in [3.63, 3.8) is 0 Å². The lowest BCUT2D eigenvalue weighted by Crippen LogP contribution is -2.41. The molecule has 0 aromatic heterocycles. The highest BCUT2D eigenvalue weighted by molar-refractivity contribution is 5.70. The minimum atomic E-state index is 0.504. The number of allylic oxidation sites excluding steroid dienone is 6. The SMILES string of the molecule is CC12C3=CC4CC1C=C4C2=C3. The van der Waals surface area contributed by atoms with Gasteiger partial charge in [-0.3, -0.25) is 0 Å². The topological polar surface area (TPSA) is 0 Å². The summed E-state index contributed by atoms with van der Waals surface area (Å²) in [7, 11) is 0. The zero-order valence-corrected chi connectivity index (χ0v) is 6.59. The second-order valence-corrected chi connectivity index (χ2v) is 4.45. The number of hydrogen-bond acceptors (Lipinski definition) is 0. The lowest BCUT2D eigenvalue weighted by atomic mass is 9.52. The summed E-state index contributed by atoms with van der Waals surface area (Å²) in [6.07, 6.45) is 8.81. The fraction of sp³-hybridized carbons (Fsp3) is 0.455. The van der Waals surface area contributed by atoms with Crippen LogP contribution in [0.15, 0.2) is 34.9 Å². The van der Waals surface area contributed by atoms with Crippen LogP contribution in [0.2, 0.25) is 0 Å². The van der Waals surface area contributed by atoms with Crippen molar-refractivity contribution in [1.29, 1.82) is 0 Å². The van der Waals surface area contributed by atoms with Crippen molar-refractivity contribution in [2.24, 2.45) is 17.3 Å². The molecule has 3 atom stereocenters. The summed E-state index contributed by atoms with van der Waals surface area (Å²) in [6.45, 7) is 2.41. The van der Waals surface area contributed by atoms with Crippen molar-refractivity contribution in [2.75, 3.05) is 0 Å². The van der Waals surface area contributed by atoms with Gasteiger partial charge in [0.25, 0.3) is 0 Å². The van der Waals surface area contributed by atoms with Crippen LogP contribution < -0.4 is 0 Å². The first-order valence-electron chi connectivity index (χ1n) is 4.47. The van der Waals surface area contributed by atoms with E-state index in [4.69, 9.17) is 0 Å². The van der Waals surface area contributed by atoms with Gasteiger partial charge in [0.2, 0.25) is 0 Å². The van der Waals surface area contributed by atoms with Crippen molar-refractivity contribution in [1.82, 2.24) is 0 Å². The third-order valence-electron chi connectivity index (χ3n) is 4.18. The van der Waals surface area contributed by atoms with Crippen molar-refractivity contribution >= 4 is 0 Å². The molecule has 5 rings (SSSR count). The molecule has 5 aliphatic carbocycles. The van der Waals surface area contributed by atoms with Crippen molar-refractivity contribution in [3.8, 4) is 0 Å². The average Bonchev–Trinajstić information content (AvgIpc) is 2.47. The van der Waals surface area contributed by atoms with E-state index in [1.54, 1.807) is 16.7 Å². The Morgan fingerprint density at radius 2 is 2.36 bits per heavy atom. The molecule has 3 unspecified atom stereocenters. The van der Waals surface area contributed by atoms with Gasteiger partial charge in [0.1, 0.15) is 0 Å².